The predicted molar refractivity (Wildman–Crippen MR) is 72.6 cm³/mol. The molecule has 19 heavy (non-hydrogen) atoms. The standard InChI is InChI=1S/C12H9Cl2N3O2/c13-9-3-7(12(15)19)1-2-8(9)5-17-6-16-10(14)4-11(17)18/h1-4,6H,5H2,(H2,15,19). The molecule has 0 bridgehead atoms. The highest BCUT2D eigenvalue weighted by molar-refractivity contribution is 6.31. The number of halogens is 2. The van der Waals surface area contributed by atoms with E-state index >= 15 is 0 Å². The Labute approximate surface area is 118 Å². The number of aromatic nitrogens is 2. The SMILES string of the molecule is NC(=O)c1ccc(Cn2cnc(Cl)cc2=O)c(Cl)c1. The highest BCUT2D eigenvalue weighted by Gasteiger charge is 2.07. The molecule has 5 nitrogen and oxygen atoms in total. The molecule has 0 unspecified atom stereocenters. The molecule has 0 aliphatic rings. The van der Waals surface area contributed by atoms with Crippen molar-refractivity contribution in [3.63, 3.8) is 0 Å². The first kappa shape index (κ1) is 13.6. The molecule has 2 N–H and O–H groups in total. The average Bonchev–Trinajstić information content (AvgIpc) is 2.34. The summed E-state index contributed by atoms with van der Waals surface area (Å²) in [5, 5.41) is 0.495. The molecular formula is C12H9Cl2N3O2. The number of primary amides is 1. The Hall–Kier alpha value is -1.85. The highest BCUT2D eigenvalue weighted by atomic mass is 35.5. The van der Waals surface area contributed by atoms with Gasteiger partial charge >= 0.3 is 0 Å². The second kappa shape index (κ2) is 5.42. The lowest BCUT2D eigenvalue weighted by Crippen LogP contribution is -2.20. The summed E-state index contributed by atoms with van der Waals surface area (Å²) in [6, 6.07) is 5.88. The van der Waals surface area contributed by atoms with E-state index < -0.39 is 5.91 Å². The van der Waals surface area contributed by atoms with Crippen molar-refractivity contribution in [3.05, 3.63) is 62.2 Å². The van der Waals surface area contributed by atoms with Gasteiger partial charge in [-0.25, -0.2) is 4.98 Å². The molecule has 0 atom stereocenters. The van der Waals surface area contributed by atoms with Crippen molar-refractivity contribution in [1.82, 2.24) is 9.55 Å². The number of hydrogen-bond donors (Lipinski definition) is 1. The summed E-state index contributed by atoms with van der Waals surface area (Å²) in [5.74, 6) is -0.557. The van der Waals surface area contributed by atoms with Crippen molar-refractivity contribution in [1.29, 1.82) is 0 Å². The Balaban J connectivity index is 2.33. The highest BCUT2D eigenvalue weighted by Crippen LogP contribution is 2.18. The van der Waals surface area contributed by atoms with Gasteiger partial charge in [-0.3, -0.25) is 14.2 Å². The fourth-order valence-corrected chi connectivity index (χ4v) is 1.91. The molecular weight excluding hydrogens is 289 g/mol. The van der Waals surface area contributed by atoms with E-state index in [0.717, 1.165) is 0 Å². The topological polar surface area (TPSA) is 78.0 Å². The van der Waals surface area contributed by atoms with Crippen LogP contribution in [0.4, 0.5) is 0 Å². The van der Waals surface area contributed by atoms with Gasteiger partial charge in [0.25, 0.3) is 5.56 Å². The summed E-state index contributed by atoms with van der Waals surface area (Å²) in [6.07, 6.45) is 1.34. The van der Waals surface area contributed by atoms with Crippen molar-refractivity contribution in [3.8, 4) is 0 Å². The number of rotatable bonds is 3. The number of nitrogens with zero attached hydrogens (tertiary/aromatic N) is 2. The second-order valence-electron chi connectivity index (χ2n) is 3.85. The molecule has 1 aromatic heterocycles. The Morgan fingerprint density at radius 2 is 2.05 bits per heavy atom. The maximum absolute atomic E-state index is 11.7. The van der Waals surface area contributed by atoms with Crippen LogP contribution in [0.2, 0.25) is 10.2 Å². The largest absolute Gasteiger partial charge is 0.366 e. The molecule has 2 aromatic rings. The van der Waals surface area contributed by atoms with Gasteiger partial charge in [0.1, 0.15) is 5.15 Å². The van der Waals surface area contributed by atoms with E-state index in [2.05, 4.69) is 4.98 Å². The molecule has 0 aliphatic carbocycles. The minimum atomic E-state index is -0.557. The van der Waals surface area contributed by atoms with Crippen LogP contribution >= 0.6 is 23.2 Å². The van der Waals surface area contributed by atoms with Crippen LogP contribution in [0.5, 0.6) is 0 Å². The molecule has 98 valence electrons. The van der Waals surface area contributed by atoms with E-state index in [1.54, 1.807) is 12.1 Å². The summed E-state index contributed by atoms with van der Waals surface area (Å²) < 4.78 is 1.36. The lowest BCUT2D eigenvalue weighted by atomic mass is 10.1. The van der Waals surface area contributed by atoms with Gasteiger partial charge in [-0.15, -0.1) is 0 Å². The molecule has 0 aliphatic heterocycles. The van der Waals surface area contributed by atoms with Gasteiger partial charge in [0, 0.05) is 16.7 Å². The van der Waals surface area contributed by atoms with E-state index in [1.807, 2.05) is 0 Å². The van der Waals surface area contributed by atoms with Crippen LogP contribution < -0.4 is 11.3 Å². The molecule has 2 rings (SSSR count). The zero-order chi connectivity index (χ0) is 14.0. The summed E-state index contributed by atoms with van der Waals surface area (Å²) in [7, 11) is 0. The molecule has 1 heterocycles. The first-order valence-electron chi connectivity index (χ1n) is 5.27. The van der Waals surface area contributed by atoms with E-state index in [0.29, 0.717) is 16.1 Å². The minimum absolute atomic E-state index is 0.136. The summed E-state index contributed by atoms with van der Waals surface area (Å²) in [5.41, 5.74) is 5.86. The van der Waals surface area contributed by atoms with Crippen molar-refractivity contribution >= 4 is 29.1 Å². The monoisotopic (exact) mass is 297 g/mol. The van der Waals surface area contributed by atoms with Crippen molar-refractivity contribution < 1.29 is 4.79 Å². The van der Waals surface area contributed by atoms with Crippen molar-refractivity contribution in [2.45, 2.75) is 6.54 Å². The first-order valence-corrected chi connectivity index (χ1v) is 6.03. The molecule has 1 amide bonds. The Morgan fingerprint density at radius 1 is 1.32 bits per heavy atom. The van der Waals surface area contributed by atoms with Gasteiger partial charge in [0.05, 0.1) is 12.9 Å². The van der Waals surface area contributed by atoms with Gasteiger partial charge in [0.2, 0.25) is 5.91 Å². The van der Waals surface area contributed by atoms with Crippen LogP contribution in [0.25, 0.3) is 0 Å². The Kier molecular flexibility index (Phi) is 3.87. The number of benzene rings is 1. The quantitative estimate of drug-likeness (QED) is 0.876. The smallest absolute Gasteiger partial charge is 0.255 e. The van der Waals surface area contributed by atoms with Crippen LogP contribution in [0, 0.1) is 0 Å². The molecule has 0 saturated heterocycles. The molecule has 1 aromatic carbocycles. The van der Waals surface area contributed by atoms with E-state index in [4.69, 9.17) is 28.9 Å². The Morgan fingerprint density at radius 3 is 2.63 bits per heavy atom. The number of amides is 1. The molecule has 0 fully saturated rings. The van der Waals surface area contributed by atoms with Gasteiger partial charge in [0.15, 0.2) is 0 Å². The first-order chi connectivity index (χ1) is 8.97. The van der Waals surface area contributed by atoms with Crippen LogP contribution in [0.3, 0.4) is 0 Å². The lowest BCUT2D eigenvalue weighted by Gasteiger charge is -2.08. The summed E-state index contributed by atoms with van der Waals surface area (Å²) in [6.45, 7) is 0.237. The fraction of sp³-hybridized carbons (Fsp3) is 0.0833. The van der Waals surface area contributed by atoms with Crippen LogP contribution in [-0.2, 0) is 6.54 Å². The zero-order valence-electron chi connectivity index (χ0n) is 9.64. The predicted octanol–water partition coefficient (Wildman–Crippen LogP) is 1.70. The number of carbonyl (C=O) groups excluding carboxylic acids is 1. The maximum Gasteiger partial charge on any atom is 0.255 e. The third-order valence-electron chi connectivity index (χ3n) is 2.52. The zero-order valence-corrected chi connectivity index (χ0v) is 11.1. The molecule has 0 saturated carbocycles. The molecule has 0 radical (unpaired) electrons. The molecule has 7 heteroatoms. The molecule has 0 spiro atoms. The lowest BCUT2D eigenvalue weighted by molar-refractivity contribution is 0.100. The second-order valence-corrected chi connectivity index (χ2v) is 4.64. The average molecular weight is 298 g/mol. The van der Waals surface area contributed by atoms with Gasteiger partial charge in [-0.05, 0) is 17.7 Å². The summed E-state index contributed by atoms with van der Waals surface area (Å²) in [4.78, 5) is 26.5. The van der Waals surface area contributed by atoms with Crippen molar-refractivity contribution in [2.75, 3.05) is 0 Å². The fourth-order valence-electron chi connectivity index (χ4n) is 1.53. The maximum atomic E-state index is 11.7. The van der Waals surface area contributed by atoms with Crippen LogP contribution in [0.15, 0.2) is 35.4 Å². The van der Waals surface area contributed by atoms with E-state index in [-0.39, 0.29) is 17.3 Å². The van der Waals surface area contributed by atoms with Crippen molar-refractivity contribution in [2.24, 2.45) is 5.73 Å². The van der Waals surface area contributed by atoms with Crippen LogP contribution in [0.1, 0.15) is 15.9 Å². The van der Waals surface area contributed by atoms with E-state index in [1.165, 1.54) is 23.0 Å². The summed E-state index contributed by atoms with van der Waals surface area (Å²) >= 11 is 11.6. The van der Waals surface area contributed by atoms with Gasteiger partial charge in [-0.1, -0.05) is 29.3 Å². The number of nitrogens with two attached hydrogens (primary N) is 1. The van der Waals surface area contributed by atoms with E-state index in [9.17, 15) is 9.59 Å². The Bertz CT molecular complexity index is 698. The minimum Gasteiger partial charge on any atom is -0.366 e. The normalized spacial score (nSPS) is 10.4. The van der Waals surface area contributed by atoms with Crippen LogP contribution in [-0.4, -0.2) is 15.5 Å². The third kappa shape index (κ3) is 3.13. The number of carbonyl (C=O) groups is 1. The third-order valence-corrected chi connectivity index (χ3v) is 3.08. The van der Waals surface area contributed by atoms with Gasteiger partial charge in [-0.2, -0.15) is 0 Å². The number of hydrogen-bond acceptors (Lipinski definition) is 3. The van der Waals surface area contributed by atoms with Gasteiger partial charge < -0.3 is 5.73 Å².